The number of aliphatic hydroxyl groups is 4. The maximum atomic E-state index is 11.4. The molecule has 0 unspecified atom stereocenters. The van der Waals surface area contributed by atoms with Gasteiger partial charge in [0.1, 0.15) is 30.2 Å². The fourth-order valence-corrected chi connectivity index (χ4v) is 4.68. The van der Waals surface area contributed by atoms with Gasteiger partial charge in [0.25, 0.3) is 0 Å². The van der Waals surface area contributed by atoms with Crippen LogP contribution in [-0.4, -0.2) is 69.6 Å². The summed E-state index contributed by atoms with van der Waals surface area (Å²) in [6.07, 6.45) is -3.46. The van der Waals surface area contributed by atoms with Gasteiger partial charge in [-0.15, -0.1) is 0 Å². The molecule has 0 spiro atoms. The fourth-order valence-electron chi connectivity index (χ4n) is 4.68. The smallest absolute Gasteiger partial charge is 0.186 e. The van der Waals surface area contributed by atoms with Crippen molar-refractivity contribution in [2.45, 2.75) is 90.2 Å². The van der Waals surface area contributed by atoms with Gasteiger partial charge in [0.05, 0.1) is 12.7 Å². The van der Waals surface area contributed by atoms with Crippen LogP contribution in [0.5, 0.6) is 0 Å². The lowest BCUT2D eigenvalue weighted by Gasteiger charge is -2.48. The first kappa shape index (κ1) is 21.7. The Labute approximate surface area is 155 Å². The van der Waals surface area contributed by atoms with Crippen LogP contribution in [0.1, 0.15) is 53.4 Å². The fraction of sp³-hybridized carbons (Fsp3) is 0.947. The summed E-state index contributed by atoms with van der Waals surface area (Å²) in [5, 5.41) is 39.2. The van der Waals surface area contributed by atoms with Gasteiger partial charge in [0.15, 0.2) is 6.29 Å². The van der Waals surface area contributed by atoms with Gasteiger partial charge in [0.2, 0.25) is 0 Å². The molecule has 1 aliphatic heterocycles. The van der Waals surface area contributed by atoms with Crippen molar-refractivity contribution in [2.75, 3.05) is 6.61 Å². The van der Waals surface area contributed by atoms with Gasteiger partial charge in [-0.05, 0) is 43.4 Å². The van der Waals surface area contributed by atoms with Crippen molar-refractivity contribution in [1.29, 1.82) is 0 Å². The van der Waals surface area contributed by atoms with Crippen LogP contribution in [0.4, 0.5) is 0 Å². The minimum Gasteiger partial charge on any atom is -0.394 e. The molecule has 4 N–H and O–H groups in total. The topological polar surface area (TPSA) is 116 Å². The zero-order valence-corrected chi connectivity index (χ0v) is 16.2. The summed E-state index contributed by atoms with van der Waals surface area (Å²) in [5.41, 5.74) is -0.0358. The highest BCUT2D eigenvalue weighted by Gasteiger charge is 2.47. The molecule has 0 bridgehead atoms. The number of hydrogen-bond donors (Lipinski definition) is 4. The number of carbonyl (C=O) groups is 1. The van der Waals surface area contributed by atoms with Crippen LogP contribution in [0.3, 0.4) is 0 Å². The van der Waals surface area contributed by atoms with E-state index < -0.39 is 37.3 Å². The summed E-state index contributed by atoms with van der Waals surface area (Å²) >= 11 is 0. The Morgan fingerprint density at radius 2 is 1.85 bits per heavy atom. The highest BCUT2D eigenvalue weighted by atomic mass is 16.7. The average Bonchev–Trinajstić information content (AvgIpc) is 2.53. The largest absolute Gasteiger partial charge is 0.394 e. The Bertz CT molecular complexity index is 479. The van der Waals surface area contributed by atoms with E-state index >= 15 is 0 Å². The molecule has 8 atom stereocenters. The molecule has 1 heterocycles. The molecule has 0 amide bonds. The van der Waals surface area contributed by atoms with Crippen LogP contribution in [0, 0.1) is 17.3 Å². The SMILES string of the molecule is CC(=O)CC[C@H]1[C@H](C)C[C@H](O[C@@H]2O[C@H](CO)[C@@H](O)[C@H](O)[C@H]2O)CC1(C)C. The van der Waals surface area contributed by atoms with Crippen LogP contribution < -0.4 is 0 Å². The van der Waals surface area contributed by atoms with Gasteiger partial charge in [-0.25, -0.2) is 0 Å². The van der Waals surface area contributed by atoms with E-state index in [0.717, 1.165) is 19.3 Å². The molecule has 152 valence electrons. The Hall–Kier alpha value is -0.570. The van der Waals surface area contributed by atoms with Crippen LogP contribution in [0.2, 0.25) is 0 Å². The second kappa shape index (κ2) is 8.63. The number of Topliss-reactive ketones (excluding diaryl/α,β-unsaturated/α-hetero) is 1. The van der Waals surface area contributed by atoms with E-state index in [1.165, 1.54) is 0 Å². The maximum Gasteiger partial charge on any atom is 0.186 e. The van der Waals surface area contributed by atoms with Crippen molar-refractivity contribution < 1.29 is 34.7 Å². The molecule has 0 aromatic rings. The normalized spacial score (nSPS) is 43.2. The van der Waals surface area contributed by atoms with Crippen molar-refractivity contribution >= 4 is 5.78 Å². The maximum absolute atomic E-state index is 11.4. The second-order valence-electron chi connectivity index (χ2n) is 8.71. The van der Waals surface area contributed by atoms with Gasteiger partial charge in [-0.3, -0.25) is 0 Å². The molecule has 1 saturated carbocycles. The van der Waals surface area contributed by atoms with E-state index in [-0.39, 0.29) is 17.3 Å². The van der Waals surface area contributed by atoms with Crippen LogP contribution >= 0.6 is 0 Å². The lowest BCUT2D eigenvalue weighted by molar-refractivity contribution is -0.316. The molecule has 7 nitrogen and oxygen atoms in total. The molecule has 1 saturated heterocycles. The third-order valence-electron chi connectivity index (χ3n) is 6.06. The highest BCUT2D eigenvalue weighted by Crippen LogP contribution is 2.47. The number of hydrogen-bond acceptors (Lipinski definition) is 7. The molecule has 0 aromatic heterocycles. The zero-order valence-electron chi connectivity index (χ0n) is 16.2. The Kier molecular flexibility index (Phi) is 7.21. The number of aliphatic hydroxyl groups excluding tert-OH is 4. The molecular weight excluding hydrogens is 340 g/mol. The van der Waals surface area contributed by atoms with E-state index in [4.69, 9.17) is 9.47 Å². The van der Waals surface area contributed by atoms with E-state index in [1.54, 1.807) is 6.92 Å². The Balaban J connectivity index is 2.01. The van der Waals surface area contributed by atoms with E-state index in [1.807, 2.05) is 0 Å². The molecule has 7 heteroatoms. The minimum absolute atomic E-state index is 0.0358. The Morgan fingerprint density at radius 1 is 1.19 bits per heavy atom. The molecule has 0 aromatic carbocycles. The predicted molar refractivity (Wildman–Crippen MR) is 94.2 cm³/mol. The van der Waals surface area contributed by atoms with E-state index in [2.05, 4.69) is 20.8 Å². The van der Waals surface area contributed by atoms with Gasteiger partial charge in [-0.2, -0.15) is 0 Å². The molecular formula is C19H34O7. The summed E-state index contributed by atoms with van der Waals surface area (Å²) in [5.74, 6) is 0.946. The summed E-state index contributed by atoms with van der Waals surface area (Å²) in [6.45, 7) is 7.62. The van der Waals surface area contributed by atoms with Crippen molar-refractivity contribution in [1.82, 2.24) is 0 Å². The predicted octanol–water partition coefficient (Wildman–Crippen LogP) is 0.613. The molecule has 1 aliphatic carbocycles. The van der Waals surface area contributed by atoms with Gasteiger partial charge in [-0.1, -0.05) is 20.8 Å². The molecule has 2 fully saturated rings. The van der Waals surface area contributed by atoms with Crippen LogP contribution in [-0.2, 0) is 14.3 Å². The average molecular weight is 374 g/mol. The zero-order chi connectivity index (χ0) is 19.6. The van der Waals surface area contributed by atoms with Gasteiger partial charge >= 0.3 is 0 Å². The van der Waals surface area contributed by atoms with E-state index in [0.29, 0.717) is 18.3 Å². The summed E-state index contributed by atoms with van der Waals surface area (Å²) in [4.78, 5) is 11.4. The lowest BCUT2D eigenvalue weighted by atomic mass is 9.61. The standard InChI is InChI=1S/C19H34O7/c1-10-7-12(8-19(3,4)13(10)6-5-11(2)21)25-18-17(24)16(23)15(22)14(9-20)26-18/h10,12-18,20,22-24H,5-9H2,1-4H3/t10-,12+,13+,14-,15-,16+,17-,18-/m1/s1. The van der Waals surface area contributed by atoms with Crippen molar-refractivity contribution in [2.24, 2.45) is 17.3 Å². The summed E-state index contributed by atoms with van der Waals surface area (Å²) in [7, 11) is 0. The third-order valence-corrected chi connectivity index (χ3v) is 6.06. The summed E-state index contributed by atoms with van der Waals surface area (Å²) in [6, 6.07) is 0. The number of rotatable bonds is 6. The van der Waals surface area contributed by atoms with Crippen molar-refractivity contribution in [3.8, 4) is 0 Å². The highest BCUT2D eigenvalue weighted by molar-refractivity contribution is 5.75. The van der Waals surface area contributed by atoms with E-state index in [9.17, 15) is 25.2 Å². The van der Waals surface area contributed by atoms with Crippen molar-refractivity contribution in [3.63, 3.8) is 0 Å². The van der Waals surface area contributed by atoms with Crippen LogP contribution in [0.25, 0.3) is 0 Å². The summed E-state index contributed by atoms with van der Waals surface area (Å²) < 4.78 is 11.4. The first-order valence-corrected chi connectivity index (χ1v) is 9.52. The molecule has 2 aliphatic rings. The van der Waals surface area contributed by atoms with Crippen molar-refractivity contribution in [3.05, 3.63) is 0 Å². The molecule has 0 radical (unpaired) electrons. The Morgan fingerprint density at radius 3 is 2.38 bits per heavy atom. The minimum atomic E-state index is -1.43. The molecule has 2 rings (SSSR count). The van der Waals surface area contributed by atoms with Gasteiger partial charge < -0.3 is 34.7 Å². The molecule has 26 heavy (non-hydrogen) atoms. The van der Waals surface area contributed by atoms with Gasteiger partial charge in [0, 0.05) is 6.42 Å². The number of ether oxygens (including phenoxy) is 2. The lowest BCUT2D eigenvalue weighted by Crippen LogP contribution is -2.60. The third kappa shape index (κ3) is 4.82. The monoisotopic (exact) mass is 374 g/mol. The number of ketones is 1. The quantitative estimate of drug-likeness (QED) is 0.538. The number of carbonyl (C=O) groups excluding carboxylic acids is 1. The van der Waals surface area contributed by atoms with Crippen LogP contribution in [0.15, 0.2) is 0 Å². The second-order valence-corrected chi connectivity index (χ2v) is 8.71. The first-order chi connectivity index (χ1) is 12.1. The first-order valence-electron chi connectivity index (χ1n) is 9.52.